The van der Waals surface area contributed by atoms with Crippen molar-refractivity contribution in [3.8, 4) is 17.0 Å². The van der Waals surface area contributed by atoms with Crippen LogP contribution in [0.25, 0.3) is 28.2 Å². The van der Waals surface area contributed by atoms with Gasteiger partial charge in [-0.3, -0.25) is 14.4 Å². The molecule has 8 heteroatoms. The standard InChI is InChI=1S/C31H34N2O3.C7H13NO2/c1-20(17-32(2)3)31(35)24-15-23-16-25(36-4)11-13-26(23)30-29(22-8-6-5-7-9-22)27-12-10-21(19-34)14-28(27)33(30)18-24;1-6-3-8(5-9)4-7(2)10-6/h10-17,19,22H,5-9,18H2,1-4H3;5-7H,3-4H2,1-2H3/b20-17-;. The van der Waals surface area contributed by atoms with Crippen LogP contribution in [0.4, 0.5) is 0 Å². The predicted molar refractivity (Wildman–Crippen MR) is 183 cm³/mol. The van der Waals surface area contributed by atoms with Crippen molar-refractivity contribution in [2.75, 3.05) is 34.3 Å². The lowest BCUT2D eigenvalue weighted by Gasteiger charge is -2.32. The van der Waals surface area contributed by atoms with Crippen LogP contribution in [0.5, 0.6) is 5.75 Å². The van der Waals surface area contributed by atoms with E-state index in [9.17, 15) is 14.4 Å². The molecule has 1 amide bonds. The van der Waals surface area contributed by atoms with E-state index in [1.54, 1.807) is 12.0 Å². The van der Waals surface area contributed by atoms with E-state index in [-0.39, 0.29) is 18.0 Å². The van der Waals surface area contributed by atoms with Gasteiger partial charge in [0.25, 0.3) is 0 Å². The van der Waals surface area contributed by atoms with E-state index in [0.717, 1.165) is 66.6 Å². The van der Waals surface area contributed by atoms with Crippen LogP contribution in [0, 0.1) is 0 Å². The Morgan fingerprint density at radius 2 is 1.72 bits per heavy atom. The number of hydrogen-bond donors (Lipinski definition) is 0. The molecule has 2 unspecified atom stereocenters. The van der Waals surface area contributed by atoms with Gasteiger partial charge in [-0.2, -0.15) is 0 Å². The summed E-state index contributed by atoms with van der Waals surface area (Å²) in [7, 11) is 5.52. The molecule has 0 N–H and O–H groups in total. The van der Waals surface area contributed by atoms with Gasteiger partial charge in [-0.25, -0.2) is 0 Å². The number of hydrogen-bond acceptors (Lipinski definition) is 6. The summed E-state index contributed by atoms with van der Waals surface area (Å²) >= 11 is 0. The fourth-order valence-corrected chi connectivity index (χ4v) is 7.27. The van der Waals surface area contributed by atoms with Crippen molar-refractivity contribution in [1.29, 1.82) is 0 Å². The maximum Gasteiger partial charge on any atom is 0.209 e. The number of nitrogens with zero attached hydrogens (tertiary/aromatic N) is 3. The summed E-state index contributed by atoms with van der Waals surface area (Å²) < 4.78 is 13.3. The molecule has 3 heterocycles. The Hall–Kier alpha value is -4.17. The Bertz CT molecular complexity index is 1650. The number of ether oxygens (including phenoxy) is 2. The molecule has 3 aromatic rings. The van der Waals surface area contributed by atoms with E-state index < -0.39 is 0 Å². The number of aromatic nitrogens is 1. The predicted octanol–water partition coefficient (Wildman–Crippen LogP) is 6.86. The number of Topliss-reactive ketones (excluding diaryl/α,β-unsaturated/α-hetero) is 1. The first-order chi connectivity index (χ1) is 22.1. The van der Waals surface area contributed by atoms with E-state index in [4.69, 9.17) is 9.47 Å². The first kappa shape index (κ1) is 33.2. The number of carbonyl (C=O) groups is 3. The zero-order valence-corrected chi connectivity index (χ0v) is 28.0. The van der Waals surface area contributed by atoms with Gasteiger partial charge in [0.05, 0.1) is 31.6 Å². The van der Waals surface area contributed by atoms with Crippen molar-refractivity contribution in [3.05, 3.63) is 70.4 Å². The minimum atomic E-state index is 0.0259. The summed E-state index contributed by atoms with van der Waals surface area (Å²) in [4.78, 5) is 39.4. The average molecular weight is 626 g/mol. The van der Waals surface area contributed by atoms with Gasteiger partial charge < -0.3 is 23.8 Å². The highest BCUT2D eigenvalue weighted by molar-refractivity contribution is 6.12. The number of rotatable bonds is 7. The fourth-order valence-electron chi connectivity index (χ4n) is 7.27. The summed E-state index contributed by atoms with van der Waals surface area (Å²) in [6.07, 6.45) is 12.1. The van der Waals surface area contributed by atoms with Gasteiger partial charge >= 0.3 is 0 Å². The molecular formula is C38H47N3O5. The number of allylic oxidation sites excluding steroid dienone is 2. The molecular weight excluding hydrogens is 578 g/mol. The monoisotopic (exact) mass is 625 g/mol. The topological polar surface area (TPSA) is 81.1 Å². The first-order valence-electron chi connectivity index (χ1n) is 16.4. The SMILES string of the molecule is CC1CN(C=O)CC(C)O1.COc1ccc2c(c1)C=C(C(=O)/C(C)=C\N(C)C)Cn1c-2c(C2CCCCC2)c2ccc(C=O)cc21. The number of carbonyl (C=O) groups excluding carboxylic acids is 3. The number of fused-ring (bicyclic) bond motifs is 5. The van der Waals surface area contributed by atoms with Crippen molar-refractivity contribution in [2.24, 2.45) is 0 Å². The van der Waals surface area contributed by atoms with Gasteiger partial charge in [-0.15, -0.1) is 0 Å². The Kier molecular flexibility index (Phi) is 10.5. The summed E-state index contributed by atoms with van der Waals surface area (Å²) in [6, 6.07) is 12.2. The maximum atomic E-state index is 13.7. The second kappa shape index (κ2) is 14.5. The molecule has 0 bridgehead atoms. The lowest BCUT2D eigenvalue weighted by atomic mass is 9.81. The zero-order valence-electron chi connectivity index (χ0n) is 28.0. The fraction of sp³-hybridized carbons (Fsp3) is 0.447. The van der Waals surface area contributed by atoms with Gasteiger partial charge in [0.2, 0.25) is 6.41 Å². The van der Waals surface area contributed by atoms with Crippen LogP contribution < -0.4 is 4.74 Å². The van der Waals surface area contributed by atoms with Crippen LogP contribution in [-0.4, -0.2) is 79.3 Å². The number of methoxy groups -OCH3 is 1. The van der Waals surface area contributed by atoms with Crippen LogP contribution in [0.2, 0.25) is 0 Å². The molecule has 46 heavy (non-hydrogen) atoms. The molecule has 6 rings (SSSR count). The largest absolute Gasteiger partial charge is 0.497 e. The molecule has 0 radical (unpaired) electrons. The molecule has 8 nitrogen and oxygen atoms in total. The minimum Gasteiger partial charge on any atom is -0.497 e. The van der Waals surface area contributed by atoms with Crippen molar-refractivity contribution >= 4 is 35.5 Å². The van der Waals surface area contributed by atoms with Crippen LogP contribution in [0.15, 0.2) is 53.7 Å². The van der Waals surface area contributed by atoms with Gasteiger partial charge in [-0.1, -0.05) is 31.4 Å². The highest BCUT2D eigenvalue weighted by atomic mass is 16.5. The van der Waals surface area contributed by atoms with Crippen molar-refractivity contribution in [1.82, 2.24) is 14.4 Å². The molecule has 2 fully saturated rings. The number of benzene rings is 2. The summed E-state index contributed by atoms with van der Waals surface area (Å²) in [6.45, 7) is 7.74. The number of ketones is 1. The van der Waals surface area contributed by atoms with Crippen LogP contribution in [0.1, 0.15) is 80.3 Å². The molecule has 2 aromatic carbocycles. The molecule has 1 aromatic heterocycles. The first-order valence-corrected chi connectivity index (χ1v) is 16.4. The second-order valence-corrected chi connectivity index (χ2v) is 13.1. The highest BCUT2D eigenvalue weighted by Gasteiger charge is 2.30. The van der Waals surface area contributed by atoms with Gasteiger partial charge in [0.1, 0.15) is 12.0 Å². The van der Waals surface area contributed by atoms with Gasteiger partial charge in [0.15, 0.2) is 5.78 Å². The summed E-state index contributed by atoms with van der Waals surface area (Å²) in [5, 5.41) is 1.19. The Labute approximate surface area is 272 Å². The smallest absolute Gasteiger partial charge is 0.209 e. The molecule has 1 saturated carbocycles. The average Bonchev–Trinajstić information content (AvgIpc) is 3.26. The van der Waals surface area contributed by atoms with Crippen LogP contribution in [-0.2, 0) is 20.9 Å². The van der Waals surface area contributed by atoms with Crippen LogP contribution >= 0.6 is 0 Å². The van der Waals surface area contributed by atoms with E-state index in [0.29, 0.717) is 23.6 Å². The Morgan fingerprint density at radius 3 is 2.35 bits per heavy atom. The quantitative estimate of drug-likeness (QED) is 0.211. The number of amides is 1. The van der Waals surface area contributed by atoms with Crippen molar-refractivity contribution in [2.45, 2.75) is 77.5 Å². The Balaban J connectivity index is 0.000000356. The third-order valence-corrected chi connectivity index (χ3v) is 9.15. The summed E-state index contributed by atoms with van der Waals surface area (Å²) in [5.41, 5.74) is 7.72. The highest BCUT2D eigenvalue weighted by Crippen LogP contribution is 2.47. The third-order valence-electron chi connectivity index (χ3n) is 9.15. The maximum absolute atomic E-state index is 13.7. The molecule has 0 spiro atoms. The van der Waals surface area contributed by atoms with E-state index in [1.807, 2.05) is 76.3 Å². The molecule has 244 valence electrons. The van der Waals surface area contributed by atoms with Crippen LogP contribution in [0.3, 0.4) is 0 Å². The lowest BCUT2D eigenvalue weighted by Crippen LogP contribution is -2.44. The summed E-state index contributed by atoms with van der Waals surface area (Å²) in [5.74, 6) is 1.25. The third kappa shape index (κ3) is 7.12. The molecule has 2 aliphatic heterocycles. The molecule has 1 aliphatic carbocycles. The van der Waals surface area contributed by atoms with Crippen molar-refractivity contribution < 1.29 is 23.9 Å². The zero-order chi connectivity index (χ0) is 33.0. The van der Waals surface area contributed by atoms with Gasteiger partial charge in [-0.05, 0) is 81.0 Å². The number of aldehydes is 1. The molecule has 3 aliphatic rings. The van der Waals surface area contributed by atoms with Gasteiger partial charge in [0, 0.05) is 66.6 Å². The lowest BCUT2D eigenvalue weighted by molar-refractivity contribution is -0.130. The Morgan fingerprint density at radius 1 is 1.00 bits per heavy atom. The normalized spacial score (nSPS) is 20.0. The molecule has 2 atom stereocenters. The van der Waals surface area contributed by atoms with Crippen molar-refractivity contribution in [3.63, 3.8) is 0 Å². The van der Waals surface area contributed by atoms with E-state index in [2.05, 4.69) is 16.7 Å². The second-order valence-electron chi connectivity index (χ2n) is 13.1. The molecule has 1 saturated heterocycles. The van der Waals surface area contributed by atoms with E-state index in [1.165, 1.54) is 35.9 Å². The van der Waals surface area contributed by atoms with E-state index >= 15 is 0 Å². The minimum absolute atomic E-state index is 0.0259. The number of morpholine rings is 1.